The van der Waals surface area contributed by atoms with Crippen molar-refractivity contribution in [1.29, 1.82) is 5.26 Å². The van der Waals surface area contributed by atoms with Crippen LogP contribution in [0.25, 0.3) is 16.8 Å². The van der Waals surface area contributed by atoms with Crippen LogP contribution in [0.15, 0.2) is 36.5 Å². The van der Waals surface area contributed by atoms with Crippen molar-refractivity contribution in [1.82, 2.24) is 24.5 Å². The van der Waals surface area contributed by atoms with E-state index in [9.17, 15) is 18.4 Å². The maximum atomic E-state index is 14.2. The Bertz CT molecular complexity index is 1470. The van der Waals surface area contributed by atoms with Crippen LogP contribution in [0, 0.1) is 17.1 Å². The molecule has 2 N–H and O–H groups in total. The normalized spacial score (nSPS) is 14.8. The van der Waals surface area contributed by atoms with Crippen molar-refractivity contribution in [3.63, 3.8) is 0 Å². The van der Waals surface area contributed by atoms with Gasteiger partial charge in [0.2, 0.25) is 0 Å². The molecule has 4 heterocycles. The number of pyridine rings is 1. The monoisotopic (exact) mass is 465 g/mol. The van der Waals surface area contributed by atoms with E-state index in [1.54, 1.807) is 20.0 Å². The molecule has 172 valence electrons. The van der Waals surface area contributed by atoms with E-state index in [2.05, 4.69) is 21.3 Å². The second-order valence-electron chi connectivity index (χ2n) is 7.93. The second kappa shape index (κ2) is 7.91. The number of rotatable bonds is 1. The first-order valence-corrected chi connectivity index (χ1v) is 10.3. The number of halogens is 3. The van der Waals surface area contributed by atoms with E-state index in [0.29, 0.717) is 33.8 Å². The molecule has 1 unspecified atom stereocenters. The molecule has 5 rings (SSSR count). The van der Waals surface area contributed by atoms with E-state index in [1.165, 1.54) is 39.8 Å². The molecule has 0 fully saturated rings. The third-order valence-corrected chi connectivity index (χ3v) is 5.78. The van der Waals surface area contributed by atoms with Crippen molar-refractivity contribution in [2.75, 3.05) is 5.73 Å². The van der Waals surface area contributed by atoms with Gasteiger partial charge in [-0.1, -0.05) is 0 Å². The van der Waals surface area contributed by atoms with Crippen molar-refractivity contribution in [2.24, 2.45) is 7.05 Å². The van der Waals surface area contributed by atoms with Gasteiger partial charge in [0, 0.05) is 36.4 Å². The summed E-state index contributed by atoms with van der Waals surface area (Å²) in [6, 6.07) is 8.98. The number of nitrogens with zero attached hydrogens (tertiary/aromatic N) is 6. The highest BCUT2D eigenvalue weighted by atomic mass is 19.3. The fourth-order valence-electron chi connectivity index (χ4n) is 4.18. The topological polar surface area (TPSA) is 108 Å². The highest BCUT2D eigenvalue weighted by Crippen LogP contribution is 2.37. The van der Waals surface area contributed by atoms with Crippen molar-refractivity contribution in [2.45, 2.75) is 25.9 Å². The molecule has 1 aliphatic rings. The number of benzene rings is 1. The average Bonchev–Trinajstić information content (AvgIpc) is 3.36. The van der Waals surface area contributed by atoms with Crippen LogP contribution in [0.4, 0.5) is 19.0 Å². The molecule has 8 nitrogen and oxygen atoms in total. The Labute approximate surface area is 192 Å². The second-order valence-corrected chi connectivity index (χ2v) is 7.93. The predicted octanol–water partition coefficient (Wildman–Crippen LogP) is 4.24. The molecule has 11 heteroatoms. The molecule has 0 saturated carbocycles. The third kappa shape index (κ3) is 3.44. The van der Waals surface area contributed by atoms with Crippen LogP contribution in [-0.2, 0) is 13.5 Å². The van der Waals surface area contributed by atoms with Gasteiger partial charge >= 0.3 is 0 Å². The SMILES string of the molecule is CC1Oc2cc(cnc2N)-c2c(C#N)nn(C)c2Cc2cc(C(F)F)nn2-c2ccc(F)cc21. The molecule has 0 spiro atoms. The van der Waals surface area contributed by atoms with Gasteiger partial charge in [-0.25, -0.2) is 22.8 Å². The largest absolute Gasteiger partial charge is 0.482 e. The van der Waals surface area contributed by atoms with Gasteiger partial charge in [0.25, 0.3) is 6.43 Å². The molecule has 1 aliphatic heterocycles. The summed E-state index contributed by atoms with van der Waals surface area (Å²) in [5, 5.41) is 18.1. The first-order valence-electron chi connectivity index (χ1n) is 10.3. The number of nitrogen functional groups attached to an aromatic ring is 1. The molecular formula is C23H18F3N7O. The lowest BCUT2D eigenvalue weighted by atomic mass is 10.0. The van der Waals surface area contributed by atoms with Gasteiger partial charge in [-0.15, -0.1) is 0 Å². The van der Waals surface area contributed by atoms with Crippen LogP contribution in [0.5, 0.6) is 5.75 Å². The number of nitriles is 1. The van der Waals surface area contributed by atoms with Crippen molar-refractivity contribution < 1.29 is 17.9 Å². The van der Waals surface area contributed by atoms with Gasteiger partial charge < -0.3 is 10.5 Å². The highest BCUT2D eigenvalue weighted by Gasteiger charge is 2.26. The minimum Gasteiger partial charge on any atom is -0.482 e. The zero-order valence-corrected chi connectivity index (χ0v) is 18.1. The minimum atomic E-state index is -2.81. The Morgan fingerprint density at radius 1 is 1.24 bits per heavy atom. The summed E-state index contributed by atoms with van der Waals surface area (Å²) in [5.74, 6) is -0.181. The summed E-state index contributed by atoms with van der Waals surface area (Å²) < 4.78 is 50.5. The van der Waals surface area contributed by atoms with Crippen LogP contribution in [0.2, 0.25) is 0 Å². The number of fused-ring (bicyclic) bond motifs is 7. The molecular weight excluding hydrogens is 447 g/mol. The van der Waals surface area contributed by atoms with Gasteiger partial charge in [0.05, 0.1) is 17.1 Å². The minimum absolute atomic E-state index is 0.106. The lowest BCUT2D eigenvalue weighted by Crippen LogP contribution is -2.14. The van der Waals surface area contributed by atoms with Gasteiger partial charge in [-0.3, -0.25) is 4.68 Å². The van der Waals surface area contributed by atoms with Crippen molar-refractivity contribution >= 4 is 5.82 Å². The summed E-state index contributed by atoms with van der Waals surface area (Å²) in [6.07, 6.45) is -1.94. The average molecular weight is 465 g/mol. The predicted molar refractivity (Wildman–Crippen MR) is 116 cm³/mol. The molecule has 0 radical (unpaired) electrons. The number of ether oxygens (including phenoxy) is 1. The standard InChI is InChI=1S/C23H18F3N7O/c1-11-15-6-13(24)3-4-18(15)33-14(7-16(31-33)22(25)26)8-19-21(17(9-27)30-32(19)2)12-5-20(34-11)23(28)29-10-12/h3-7,10-11,22H,8H2,1-2H3,(H2,28,29). The molecule has 0 aliphatic carbocycles. The van der Waals surface area contributed by atoms with E-state index in [0.717, 1.165) is 0 Å². The van der Waals surface area contributed by atoms with Crippen molar-refractivity contribution in [3.8, 4) is 28.6 Å². The van der Waals surface area contributed by atoms with Crippen LogP contribution in [0.3, 0.4) is 0 Å². The fourth-order valence-corrected chi connectivity index (χ4v) is 4.18. The van der Waals surface area contributed by atoms with Gasteiger partial charge in [-0.2, -0.15) is 15.5 Å². The maximum absolute atomic E-state index is 14.2. The maximum Gasteiger partial charge on any atom is 0.282 e. The quantitative estimate of drug-likeness (QED) is 0.451. The molecule has 1 aromatic carbocycles. The summed E-state index contributed by atoms with van der Waals surface area (Å²) in [5.41, 5.74) is 8.52. The Morgan fingerprint density at radius 3 is 2.76 bits per heavy atom. The van der Waals surface area contributed by atoms with Crippen LogP contribution in [0.1, 0.15) is 47.8 Å². The van der Waals surface area contributed by atoms with Crippen LogP contribution < -0.4 is 10.5 Å². The zero-order chi connectivity index (χ0) is 24.1. The van der Waals surface area contributed by atoms with Crippen molar-refractivity contribution in [3.05, 3.63) is 70.7 Å². The summed E-state index contributed by atoms with van der Waals surface area (Å²) in [4.78, 5) is 4.21. The van der Waals surface area contributed by atoms with E-state index < -0.39 is 24.0 Å². The molecule has 34 heavy (non-hydrogen) atoms. The molecule has 4 aromatic rings. The number of nitrogens with two attached hydrogens (primary N) is 1. The summed E-state index contributed by atoms with van der Waals surface area (Å²) in [7, 11) is 1.66. The Balaban J connectivity index is 1.85. The summed E-state index contributed by atoms with van der Waals surface area (Å²) in [6.45, 7) is 1.68. The molecule has 0 saturated heterocycles. The van der Waals surface area contributed by atoms with Gasteiger partial charge in [0.15, 0.2) is 17.3 Å². The lowest BCUT2D eigenvalue weighted by molar-refractivity contribution is 0.145. The number of alkyl halides is 2. The van der Waals surface area contributed by atoms with E-state index in [-0.39, 0.29) is 23.7 Å². The Hall–Kier alpha value is -4.33. The number of hydrogen-bond acceptors (Lipinski definition) is 6. The lowest BCUT2D eigenvalue weighted by Gasteiger charge is -2.21. The number of aryl methyl sites for hydroxylation is 1. The third-order valence-electron chi connectivity index (χ3n) is 5.78. The first-order chi connectivity index (χ1) is 16.3. The Kier molecular flexibility index (Phi) is 5.01. The van der Waals surface area contributed by atoms with Crippen LogP contribution in [-0.4, -0.2) is 24.5 Å². The fraction of sp³-hybridized carbons (Fsp3) is 0.217. The molecule has 1 atom stereocenters. The highest BCUT2D eigenvalue weighted by molar-refractivity contribution is 5.74. The molecule has 2 bridgehead atoms. The summed E-state index contributed by atoms with van der Waals surface area (Å²) >= 11 is 0. The molecule has 3 aromatic heterocycles. The van der Waals surface area contributed by atoms with E-state index in [1.807, 2.05) is 0 Å². The van der Waals surface area contributed by atoms with E-state index in [4.69, 9.17) is 10.5 Å². The van der Waals surface area contributed by atoms with Gasteiger partial charge in [-0.05, 0) is 37.3 Å². The number of hydrogen-bond donors (Lipinski definition) is 1. The molecule has 0 amide bonds. The first kappa shape index (κ1) is 21.5. The number of anilines is 1. The smallest absolute Gasteiger partial charge is 0.282 e. The van der Waals surface area contributed by atoms with Gasteiger partial charge in [0.1, 0.15) is 23.7 Å². The number of aromatic nitrogens is 5. The Morgan fingerprint density at radius 2 is 2.03 bits per heavy atom. The zero-order valence-electron chi connectivity index (χ0n) is 18.1. The van der Waals surface area contributed by atoms with E-state index >= 15 is 0 Å². The van der Waals surface area contributed by atoms with Crippen LogP contribution >= 0.6 is 0 Å².